The summed E-state index contributed by atoms with van der Waals surface area (Å²) in [5.74, 6) is 0.527. The van der Waals surface area contributed by atoms with Crippen molar-refractivity contribution in [2.45, 2.75) is 13.5 Å². The van der Waals surface area contributed by atoms with E-state index in [0.717, 1.165) is 39.1 Å². The molecule has 0 atom stereocenters. The Balaban J connectivity index is 1.36. The van der Waals surface area contributed by atoms with Crippen LogP contribution in [0.15, 0.2) is 91.0 Å². The molecular formula is C28H22N2O3. The van der Waals surface area contributed by atoms with Crippen LogP contribution in [0.4, 0.5) is 0 Å². The number of nitrogens with one attached hydrogen (secondary N) is 1. The third kappa shape index (κ3) is 4.34. The van der Waals surface area contributed by atoms with E-state index in [4.69, 9.17) is 4.74 Å². The first-order chi connectivity index (χ1) is 16.1. The Bertz CT molecular complexity index is 1420. The molecule has 0 bridgehead atoms. The van der Waals surface area contributed by atoms with E-state index in [2.05, 4.69) is 9.97 Å². The summed E-state index contributed by atoms with van der Waals surface area (Å²) in [5, 5.41) is 9.62. The number of aromatic nitrogens is 2. The fraction of sp³-hybridized carbons (Fsp3) is 0.0714. The maximum atomic E-state index is 11.7. The molecule has 0 saturated carbocycles. The summed E-state index contributed by atoms with van der Waals surface area (Å²) >= 11 is 0. The zero-order valence-electron chi connectivity index (χ0n) is 18.1. The fourth-order valence-electron chi connectivity index (χ4n) is 3.91. The second kappa shape index (κ2) is 8.63. The lowest BCUT2D eigenvalue weighted by Crippen LogP contribution is -1.98. The number of carbonyl (C=O) groups is 1. The van der Waals surface area contributed by atoms with Crippen molar-refractivity contribution >= 4 is 17.0 Å². The molecule has 0 amide bonds. The second-order valence-electron chi connectivity index (χ2n) is 7.92. The van der Waals surface area contributed by atoms with Crippen LogP contribution in [0.1, 0.15) is 21.7 Å². The van der Waals surface area contributed by atoms with Gasteiger partial charge in [0.1, 0.15) is 23.7 Å². The van der Waals surface area contributed by atoms with Crippen LogP contribution < -0.4 is 4.74 Å². The molecule has 2 N–H and O–H groups in total. The van der Waals surface area contributed by atoms with Gasteiger partial charge in [-0.3, -0.25) is 0 Å². The van der Waals surface area contributed by atoms with Gasteiger partial charge < -0.3 is 14.8 Å². The highest BCUT2D eigenvalue weighted by atomic mass is 16.5. The molecule has 0 fully saturated rings. The Morgan fingerprint density at radius 2 is 1.45 bits per heavy atom. The molecule has 0 radical (unpaired) electrons. The highest BCUT2D eigenvalue weighted by Crippen LogP contribution is 2.30. The summed E-state index contributed by atoms with van der Waals surface area (Å²) in [6, 6.07) is 29.8. The standard InChI is InChI=1S/C28H22N2O3/c1-18-29-26-16-23(15-25(28(31)32)27(26)30-18)22-9-7-20(8-10-22)21-11-13-24(14-12-21)33-17-19-5-3-2-4-6-19/h2-16H,17H2,1H3,(H,29,30)(H,31,32). The van der Waals surface area contributed by atoms with Crippen LogP contribution in [0.25, 0.3) is 33.3 Å². The summed E-state index contributed by atoms with van der Waals surface area (Å²) in [6.45, 7) is 2.35. The number of nitrogens with zero attached hydrogens (tertiary/aromatic N) is 1. The van der Waals surface area contributed by atoms with Gasteiger partial charge in [0.15, 0.2) is 0 Å². The van der Waals surface area contributed by atoms with Crippen molar-refractivity contribution in [2.75, 3.05) is 0 Å². The third-order valence-electron chi connectivity index (χ3n) is 5.59. The number of aromatic amines is 1. The van der Waals surface area contributed by atoms with Gasteiger partial charge in [-0.25, -0.2) is 9.78 Å². The number of carboxylic acids is 1. The van der Waals surface area contributed by atoms with Crippen LogP contribution in [0, 0.1) is 6.92 Å². The average molecular weight is 434 g/mol. The maximum Gasteiger partial charge on any atom is 0.337 e. The molecule has 33 heavy (non-hydrogen) atoms. The number of H-pyrrole nitrogens is 1. The maximum absolute atomic E-state index is 11.7. The summed E-state index contributed by atoms with van der Waals surface area (Å²) < 4.78 is 5.87. The van der Waals surface area contributed by atoms with Crippen molar-refractivity contribution in [3.05, 3.63) is 108 Å². The topological polar surface area (TPSA) is 75.2 Å². The highest BCUT2D eigenvalue weighted by molar-refractivity contribution is 6.03. The van der Waals surface area contributed by atoms with Gasteiger partial charge in [-0.05, 0) is 59.0 Å². The first-order valence-electron chi connectivity index (χ1n) is 10.7. The van der Waals surface area contributed by atoms with Gasteiger partial charge >= 0.3 is 5.97 Å². The van der Waals surface area contributed by atoms with Crippen molar-refractivity contribution < 1.29 is 14.6 Å². The number of aryl methyl sites for hydroxylation is 1. The predicted molar refractivity (Wildman–Crippen MR) is 129 cm³/mol. The van der Waals surface area contributed by atoms with E-state index in [9.17, 15) is 9.90 Å². The Morgan fingerprint density at radius 1 is 0.848 bits per heavy atom. The van der Waals surface area contributed by atoms with Crippen molar-refractivity contribution in [1.29, 1.82) is 0 Å². The zero-order chi connectivity index (χ0) is 22.8. The molecule has 162 valence electrons. The minimum absolute atomic E-state index is 0.196. The van der Waals surface area contributed by atoms with E-state index in [-0.39, 0.29) is 5.56 Å². The van der Waals surface area contributed by atoms with E-state index in [1.165, 1.54) is 0 Å². The minimum Gasteiger partial charge on any atom is -0.489 e. The molecule has 5 aromatic rings. The molecule has 1 aromatic heterocycles. The Morgan fingerprint density at radius 3 is 2.09 bits per heavy atom. The number of benzene rings is 4. The number of imidazole rings is 1. The summed E-state index contributed by atoms with van der Waals surface area (Å²) in [7, 11) is 0. The minimum atomic E-state index is -0.987. The summed E-state index contributed by atoms with van der Waals surface area (Å²) in [5.41, 5.74) is 6.46. The van der Waals surface area contributed by atoms with Crippen LogP contribution in [0.3, 0.4) is 0 Å². The predicted octanol–water partition coefficient (Wildman–Crippen LogP) is 6.48. The van der Waals surface area contributed by atoms with E-state index < -0.39 is 5.97 Å². The van der Waals surface area contributed by atoms with Crippen LogP contribution in [-0.4, -0.2) is 21.0 Å². The van der Waals surface area contributed by atoms with Gasteiger partial charge in [-0.1, -0.05) is 66.7 Å². The van der Waals surface area contributed by atoms with Gasteiger partial charge in [0.2, 0.25) is 0 Å². The van der Waals surface area contributed by atoms with Crippen LogP contribution in [-0.2, 0) is 6.61 Å². The quantitative estimate of drug-likeness (QED) is 0.321. The smallest absolute Gasteiger partial charge is 0.337 e. The lowest BCUT2D eigenvalue weighted by Gasteiger charge is -2.09. The number of hydrogen-bond acceptors (Lipinski definition) is 3. The van der Waals surface area contributed by atoms with Gasteiger partial charge in [-0.15, -0.1) is 0 Å². The molecular weight excluding hydrogens is 412 g/mol. The largest absolute Gasteiger partial charge is 0.489 e. The van der Waals surface area contributed by atoms with Crippen LogP contribution >= 0.6 is 0 Å². The molecule has 0 aliphatic rings. The molecule has 0 aliphatic carbocycles. The summed E-state index contributed by atoms with van der Waals surface area (Å²) in [6.07, 6.45) is 0. The molecule has 1 heterocycles. The van der Waals surface area contributed by atoms with E-state index >= 15 is 0 Å². The monoisotopic (exact) mass is 434 g/mol. The number of ether oxygens (including phenoxy) is 1. The van der Waals surface area contributed by atoms with Gasteiger partial charge in [0, 0.05) is 0 Å². The van der Waals surface area contributed by atoms with Crippen molar-refractivity contribution in [3.8, 4) is 28.0 Å². The molecule has 5 heteroatoms. The first-order valence-corrected chi connectivity index (χ1v) is 10.7. The number of carboxylic acid groups (broad SMARTS) is 1. The number of hydrogen-bond donors (Lipinski definition) is 2. The van der Waals surface area contributed by atoms with Crippen LogP contribution in [0.5, 0.6) is 5.75 Å². The third-order valence-corrected chi connectivity index (χ3v) is 5.59. The number of rotatable bonds is 6. The fourth-order valence-corrected chi connectivity index (χ4v) is 3.91. The molecule has 5 rings (SSSR count). The van der Waals surface area contributed by atoms with Crippen molar-refractivity contribution in [2.24, 2.45) is 0 Å². The van der Waals surface area contributed by atoms with E-state index in [1.54, 1.807) is 6.07 Å². The Hall–Kier alpha value is -4.38. The molecule has 5 nitrogen and oxygen atoms in total. The first kappa shape index (κ1) is 20.5. The van der Waals surface area contributed by atoms with Gasteiger partial charge in [0.25, 0.3) is 0 Å². The number of aromatic carboxylic acids is 1. The van der Waals surface area contributed by atoms with E-state index in [0.29, 0.717) is 17.9 Å². The zero-order valence-corrected chi connectivity index (χ0v) is 18.1. The van der Waals surface area contributed by atoms with Gasteiger partial charge in [0.05, 0.1) is 11.1 Å². The van der Waals surface area contributed by atoms with Crippen molar-refractivity contribution in [1.82, 2.24) is 9.97 Å². The Labute approximate surface area is 191 Å². The normalized spacial score (nSPS) is 10.9. The van der Waals surface area contributed by atoms with Crippen molar-refractivity contribution in [3.63, 3.8) is 0 Å². The molecule has 4 aromatic carbocycles. The lowest BCUT2D eigenvalue weighted by atomic mass is 9.98. The molecule has 0 aliphatic heterocycles. The van der Waals surface area contributed by atoms with Crippen LogP contribution in [0.2, 0.25) is 0 Å². The molecule has 0 unspecified atom stereocenters. The molecule has 0 saturated heterocycles. The SMILES string of the molecule is Cc1nc2c(C(=O)O)cc(-c3ccc(-c4ccc(OCc5ccccc5)cc4)cc3)cc2[nH]1. The number of fused-ring (bicyclic) bond motifs is 1. The van der Waals surface area contributed by atoms with E-state index in [1.807, 2.05) is 91.9 Å². The average Bonchev–Trinajstić information content (AvgIpc) is 3.23. The highest BCUT2D eigenvalue weighted by Gasteiger charge is 2.15. The molecule has 0 spiro atoms. The Kier molecular flexibility index (Phi) is 5.37. The van der Waals surface area contributed by atoms with Gasteiger partial charge in [-0.2, -0.15) is 0 Å². The summed E-state index contributed by atoms with van der Waals surface area (Å²) in [4.78, 5) is 19.2. The lowest BCUT2D eigenvalue weighted by molar-refractivity contribution is 0.0699. The second-order valence-corrected chi connectivity index (χ2v) is 7.92.